The molecule has 1 atom stereocenters. The van der Waals surface area contributed by atoms with Gasteiger partial charge in [-0.05, 0) is 30.2 Å². The summed E-state index contributed by atoms with van der Waals surface area (Å²) in [6.45, 7) is 12.4. The van der Waals surface area contributed by atoms with Gasteiger partial charge in [-0.2, -0.15) is 5.11 Å². The van der Waals surface area contributed by atoms with E-state index in [1.54, 1.807) is 25.6 Å². The van der Waals surface area contributed by atoms with E-state index in [1.807, 2.05) is 12.1 Å². The van der Waals surface area contributed by atoms with Crippen LogP contribution in [0, 0.1) is 16.9 Å². The molecule has 0 bridgehead atoms. The molecule has 0 radical (unpaired) electrons. The van der Waals surface area contributed by atoms with Gasteiger partial charge in [-0.1, -0.05) is 39.0 Å². The molecule has 0 saturated carbocycles. The smallest absolute Gasteiger partial charge is 0.186 e. The highest BCUT2D eigenvalue weighted by molar-refractivity contribution is 7.22. The maximum atomic E-state index is 7.56. The molecule has 7 nitrogen and oxygen atoms in total. The van der Waals surface area contributed by atoms with E-state index in [0.29, 0.717) is 42.6 Å². The molecule has 1 aromatic heterocycles. The van der Waals surface area contributed by atoms with Gasteiger partial charge in [0.25, 0.3) is 0 Å². The van der Waals surface area contributed by atoms with Crippen LogP contribution in [0.25, 0.3) is 10.2 Å². The lowest BCUT2D eigenvalue weighted by Crippen LogP contribution is -2.30. The van der Waals surface area contributed by atoms with Crippen molar-refractivity contribution in [1.29, 1.82) is 5.53 Å². The predicted molar refractivity (Wildman–Crippen MR) is 124 cm³/mol. The molecular weight excluding hydrogens is 400 g/mol. The van der Waals surface area contributed by atoms with Crippen LogP contribution < -0.4 is 9.64 Å². The van der Waals surface area contributed by atoms with E-state index in [0.717, 1.165) is 41.3 Å². The number of hydrogen-bond acceptors (Lipinski definition) is 8. The average Bonchev–Trinajstić information content (AvgIpc) is 3.08. The number of benzene rings is 1. The Bertz CT molecular complexity index is 796. The van der Waals surface area contributed by atoms with E-state index in [2.05, 4.69) is 37.7 Å². The van der Waals surface area contributed by atoms with Crippen molar-refractivity contribution in [1.82, 2.24) is 4.98 Å². The lowest BCUT2D eigenvalue weighted by Gasteiger charge is -2.23. The van der Waals surface area contributed by atoms with Crippen LogP contribution in [-0.2, 0) is 9.47 Å². The van der Waals surface area contributed by atoms with Gasteiger partial charge >= 0.3 is 0 Å². The summed E-state index contributed by atoms with van der Waals surface area (Å²) >= 11 is 1.58. The Morgan fingerprint density at radius 2 is 1.80 bits per heavy atom. The van der Waals surface area contributed by atoms with Gasteiger partial charge in [-0.15, -0.1) is 0 Å². The number of nitrogens with zero attached hydrogens (tertiary/aromatic N) is 3. The topological polar surface area (TPSA) is 80.0 Å². The molecule has 168 valence electrons. The predicted octanol–water partition coefficient (Wildman–Crippen LogP) is 5.90. The van der Waals surface area contributed by atoms with E-state index >= 15 is 0 Å². The van der Waals surface area contributed by atoms with E-state index in [9.17, 15) is 0 Å². The van der Waals surface area contributed by atoms with Crippen molar-refractivity contribution in [2.45, 2.75) is 40.5 Å². The molecule has 1 heterocycles. The summed E-state index contributed by atoms with van der Waals surface area (Å²) in [5, 5.41) is 4.59. The minimum absolute atomic E-state index is 0.314. The molecule has 0 spiro atoms. The van der Waals surface area contributed by atoms with Gasteiger partial charge in [0, 0.05) is 33.4 Å². The van der Waals surface area contributed by atoms with Crippen LogP contribution in [0.5, 0.6) is 5.75 Å². The Kier molecular flexibility index (Phi) is 9.45. The Balaban J connectivity index is 2.14. The molecule has 1 aromatic carbocycles. The second kappa shape index (κ2) is 11.6. The zero-order valence-corrected chi connectivity index (χ0v) is 20.0. The minimum atomic E-state index is 0.314. The quantitative estimate of drug-likeness (QED) is 0.395. The van der Waals surface area contributed by atoms with Gasteiger partial charge in [-0.25, -0.2) is 10.5 Å². The number of fused-ring (bicyclic) bond motifs is 1. The van der Waals surface area contributed by atoms with Crippen molar-refractivity contribution in [2.24, 2.45) is 16.4 Å². The van der Waals surface area contributed by atoms with Gasteiger partial charge < -0.3 is 19.1 Å². The van der Waals surface area contributed by atoms with Gasteiger partial charge in [0.1, 0.15) is 11.4 Å². The highest BCUT2D eigenvalue weighted by Crippen LogP contribution is 2.38. The van der Waals surface area contributed by atoms with E-state index in [1.165, 1.54) is 0 Å². The number of rotatable bonds is 13. The summed E-state index contributed by atoms with van der Waals surface area (Å²) < 4.78 is 17.5. The Morgan fingerprint density at radius 1 is 1.13 bits per heavy atom. The first-order valence-corrected chi connectivity index (χ1v) is 11.3. The Hall–Kier alpha value is -1.77. The molecule has 30 heavy (non-hydrogen) atoms. The first-order valence-electron chi connectivity index (χ1n) is 10.4. The van der Waals surface area contributed by atoms with Crippen molar-refractivity contribution in [2.75, 3.05) is 52.0 Å². The van der Waals surface area contributed by atoms with Gasteiger partial charge in [0.05, 0.1) is 30.0 Å². The van der Waals surface area contributed by atoms with Crippen LogP contribution in [0.3, 0.4) is 0 Å². The molecule has 0 aliphatic heterocycles. The van der Waals surface area contributed by atoms with Crippen molar-refractivity contribution in [3.8, 4) is 5.75 Å². The maximum Gasteiger partial charge on any atom is 0.186 e. The molecule has 0 amide bonds. The van der Waals surface area contributed by atoms with Crippen LogP contribution in [0.1, 0.15) is 40.5 Å². The standard InChI is InChI=1S/C22H36N4O3S/c1-16(15-22(2,3)4)7-10-29-19-13-18-20(14-17(19)25-23)30-21(24-18)26(8-11-27-5)9-12-28-6/h13-14,16,23H,7-12,15H2,1-6H3. The molecular formula is C22H36N4O3S. The van der Waals surface area contributed by atoms with Crippen LogP contribution in [-0.4, -0.2) is 52.1 Å². The zero-order valence-electron chi connectivity index (χ0n) is 19.2. The molecule has 0 aliphatic carbocycles. The largest absolute Gasteiger partial charge is 0.491 e. The summed E-state index contributed by atoms with van der Waals surface area (Å²) in [5.41, 5.74) is 9.27. The monoisotopic (exact) mass is 436 g/mol. The fraction of sp³-hybridized carbons (Fsp3) is 0.682. The molecule has 0 saturated heterocycles. The van der Waals surface area contributed by atoms with Crippen molar-refractivity contribution in [3.63, 3.8) is 0 Å². The molecule has 2 aromatic rings. The lowest BCUT2D eigenvalue weighted by atomic mass is 9.84. The fourth-order valence-corrected chi connectivity index (χ4v) is 4.53. The second-order valence-electron chi connectivity index (χ2n) is 8.88. The number of nitrogens with one attached hydrogen (secondary N) is 1. The van der Waals surface area contributed by atoms with Crippen molar-refractivity contribution >= 4 is 32.4 Å². The second-order valence-corrected chi connectivity index (χ2v) is 9.88. The fourth-order valence-electron chi connectivity index (χ4n) is 3.49. The zero-order chi connectivity index (χ0) is 22.1. The number of ether oxygens (including phenoxy) is 3. The van der Waals surface area contributed by atoms with Crippen molar-refractivity contribution < 1.29 is 14.2 Å². The highest BCUT2D eigenvalue weighted by atomic mass is 32.1. The number of anilines is 1. The summed E-state index contributed by atoms with van der Waals surface area (Å²) in [7, 11) is 3.39. The van der Waals surface area contributed by atoms with Gasteiger partial charge in [-0.3, -0.25) is 0 Å². The summed E-state index contributed by atoms with van der Waals surface area (Å²) in [5.74, 6) is 1.20. The Morgan fingerprint density at radius 3 is 2.37 bits per heavy atom. The minimum Gasteiger partial charge on any atom is -0.491 e. The van der Waals surface area contributed by atoms with Crippen LogP contribution in [0.15, 0.2) is 17.2 Å². The Labute approximate surface area is 184 Å². The third-order valence-corrected chi connectivity index (χ3v) is 5.89. The first kappa shape index (κ1) is 24.5. The molecule has 0 fully saturated rings. The number of thiazole rings is 1. The van der Waals surface area contributed by atoms with Crippen molar-refractivity contribution in [3.05, 3.63) is 12.1 Å². The average molecular weight is 437 g/mol. The molecule has 1 N–H and O–H groups in total. The third kappa shape index (κ3) is 7.49. The number of hydrogen-bond donors (Lipinski definition) is 1. The maximum absolute atomic E-state index is 7.56. The number of methoxy groups -OCH3 is 2. The summed E-state index contributed by atoms with van der Waals surface area (Å²) in [4.78, 5) is 6.95. The lowest BCUT2D eigenvalue weighted by molar-refractivity contribution is 0.190. The summed E-state index contributed by atoms with van der Waals surface area (Å²) in [6, 6.07) is 3.80. The van der Waals surface area contributed by atoms with Gasteiger partial charge in [0.2, 0.25) is 0 Å². The van der Waals surface area contributed by atoms with Crippen LogP contribution >= 0.6 is 11.3 Å². The molecule has 8 heteroatoms. The third-order valence-electron chi connectivity index (χ3n) is 4.81. The van der Waals surface area contributed by atoms with E-state index < -0.39 is 0 Å². The molecule has 0 aliphatic rings. The molecule has 2 rings (SSSR count). The normalized spacial score (nSPS) is 12.9. The van der Waals surface area contributed by atoms with E-state index in [-0.39, 0.29) is 0 Å². The number of aromatic nitrogens is 1. The van der Waals surface area contributed by atoms with Gasteiger partial charge in [0.15, 0.2) is 5.13 Å². The highest BCUT2D eigenvalue weighted by Gasteiger charge is 2.17. The SMILES string of the molecule is COCCN(CCOC)c1nc2cc(OCCC(C)CC(C)(C)C)c(N=N)cc2s1. The van der Waals surface area contributed by atoms with Crippen LogP contribution in [0.2, 0.25) is 0 Å². The first-order chi connectivity index (χ1) is 14.3. The van der Waals surface area contributed by atoms with E-state index in [4.69, 9.17) is 24.7 Å². The van der Waals surface area contributed by atoms with Crippen LogP contribution in [0.4, 0.5) is 10.8 Å². The molecule has 1 unspecified atom stereocenters. The summed E-state index contributed by atoms with van der Waals surface area (Å²) in [6.07, 6.45) is 2.12.